The molecule has 0 bridgehead atoms. The van der Waals surface area contributed by atoms with Gasteiger partial charge >= 0.3 is 0 Å². The fourth-order valence-corrected chi connectivity index (χ4v) is 2.33. The fourth-order valence-electron chi connectivity index (χ4n) is 1.37. The SMILES string of the molecule is Cc1cc(Sc2ccccc2)c(N)cc1F. The standard InChI is InChI=1S/C13H12FNS/c1-9-7-13(12(15)8-11(9)14)16-10-5-3-2-4-6-10/h2-8H,15H2,1H3. The Morgan fingerprint density at radius 3 is 2.50 bits per heavy atom. The maximum Gasteiger partial charge on any atom is 0.128 e. The van der Waals surface area contributed by atoms with E-state index < -0.39 is 0 Å². The number of anilines is 1. The summed E-state index contributed by atoms with van der Waals surface area (Å²) in [6.45, 7) is 1.74. The second-order valence-electron chi connectivity index (χ2n) is 3.55. The van der Waals surface area contributed by atoms with Crippen molar-refractivity contribution in [2.45, 2.75) is 16.7 Å². The number of hydrogen-bond acceptors (Lipinski definition) is 2. The minimum Gasteiger partial charge on any atom is -0.398 e. The van der Waals surface area contributed by atoms with E-state index >= 15 is 0 Å². The topological polar surface area (TPSA) is 26.0 Å². The number of benzene rings is 2. The monoisotopic (exact) mass is 233 g/mol. The van der Waals surface area contributed by atoms with Crippen LogP contribution in [0.2, 0.25) is 0 Å². The highest BCUT2D eigenvalue weighted by molar-refractivity contribution is 7.99. The Bertz CT molecular complexity index is 497. The van der Waals surface area contributed by atoms with Crippen molar-refractivity contribution in [1.29, 1.82) is 0 Å². The highest BCUT2D eigenvalue weighted by atomic mass is 32.2. The molecule has 0 unspecified atom stereocenters. The fraction of sp³-hybridized carbons (Fsp3) is 0.0769. The molecule has 0 fully saturated rings. The minimum atomic E-state index is -0.255. The predicted molar refractivity (Wildman–Crippen MR) is 66.1 cm³/mol. The van der Waals surface area contributed by atoms with Crippen LogP contribution in [0, 0.1) is 12.7 Å². The molecule has 0 aliphatic heterocycles. The molecule has 1 nitrogen and oxygen atoms in total. The van der Waals surface area contributed by atoms with Crippen LogP contribution in [-0.2, 0) is 0 Å². The van der Waals surface area contributed by atoms with E-state index in [4.69, 9.17) is 5.73 Å². The molecule has 0 atom stereocenters. The van der Waals surface area contributed by atoms with E-state index in [1.54, 1.807) is 24.8 Å². The molecule has 0 aliphatic rings. The Balaban J connectivity index is 2.32. The van der Waals surface area contributed by atoms with Crippen LogP contribution in [0.5, 0.6) is 0 Å². The van der Waals surface area contributed by atoms with Crippen molar-refractivity contribution >= 4 is 17.4 Å². The summed E-state index contributed by atoms with van der Waals surface area (Å²) in [7, 11) is 0. The van der Waals surface area contributed by atoms with Gasteiger partial charge in [-0.15, -0.1) is 0 Å². The highest BCUT2D eigenvalue weighted by Gasteiger charge is 2.06. The summed E-state index contributed by atoms with van der Waals surface area (Å²) in [5.74, 6) is -0.255. The molecule has 0 heterocycles. The van der Waals surface area contributed by atoms with Gasteiger partial charge in [-0.05, 0) is 36.8 Å². The van der Waals surface area contributed by atoms with Crippen molar-refractivity contribution in [1.82, 2.24) is 0 Å². The van der Waals surface area contributed by atoms with E-state index in [-0.39, 0.29) is 5.82 Å². The molecule has 0 aromatic heterocycles. The van der Waals surface area contributed by atoms with E-state index in [0.29, 0.717) is 11.3 Å². The first-order chi connectivity index (χ1) is 7.66. The van der Waals surface area contributed by atoms with Crippen LogP contribution in [0.15, 0.2) is 52.3 Å². The number of aryl methyl sites for hydroxylation is 1. The zero-order valence-electron chi connectivity index (χ0n) is 8.91. The van der Waals surface area contributed by atoms with Crippen LogP contribution in [-0.4, -0.2) is 0 Å². The molecule has 3 heteroatoms. The van der Waals surface area contributed by atoms with Gasteiger partial charge in [0.15, 0.2) is 0 Å². The normalized spacial score (nSPS) is 10.4. The number of nitrogen functional groups attached to an aromatic ring is 1. The third-order valence-electron chi connectivity index (χ3n) is 2.26. The first-order valence-corrected chi connectivity index (χ1v) is 5.77. The zero-order valence-corrected chi connectivity index (χ0v) is 9.72. The molecule has 2 N–H and O–H groups in total. The molecule has 2 aromatic rings. The van der Waals surface area contributed by atoms with Gasteiger partial charge in [0, 0.05) is 15.5 Å². The molecule has 0 amide bonds. The smallest absolute Gasteiger partial charge is 0.128 e. The van der Waals surface area contributed by atoms with E-state index in [2.05, 4.69) is 0 Å². The van der Waals surface area contributed by atoms with E-state index in [9.17, 15) is 4.39 Å². The third kappa shape index (κ3) is 2.36. The van der Waals surface area contributed by atoms with Crippen molar-refractivity contribution in [3.8, 4) is 0 Å². The maximum atomic E-state index is 13.2. The van der Waals surface area contributed by atoms with Gasteiger partial charge < -0.3 is 5.73 Å². The molecular weight excluding hydrogens is 221 g/mol. The Morgan fingerprint density at radius 2 is 1.81 bits per heavy atom. The summed E-state index contributed by atoms with van der Waals surface area (Å²) in [4.78, 5) is 1.99. The lowest BCUT2D eigenvalue weighted by atomic mass is 10.2. The molecule has 2 aromatic carbocycles. The van der Waals surface area contributed by atoms with E-state index in [1.165, 1.54) is 6.07 Å². The van der Waals surface area contributed by atoms with Crippen molar-refractivity contribution in [2.75, 3.05) is 5.73 Å². The van der Waals surface area contributed by atoms with Crippen molar-refractivity contribution in [2.24, 2.45) is 0 Å². The molecule has 0 radical (unpaired) electrons. The number of nitrogens with two attached hydrogens (primary N) is 1. The van der Waals surface area contributed by atoms with E-state index in [0.717, 1.165) is 9.79 Å². The van der Waals surface area contributed by atoms with E-state index in [1.807, 2.05) is 30.3 Å². The Labute approximate surface area is 98.5 Å². The highest BCUT2D eigenvalue weighted by Crippen LogP contribution is 2.33. The predicted octanol–water partition coefficient (Wildman–Crippen LogP) is 3.87. The lowest BCUT2D eigenvalue weighted by Gasteiger charge is -2.07. The Kier molecular flexibility index (Phi) is 3.15. The number of rotatable bonds is 2. The van der Waals surface area contributed by atoms with Crippen LogP contribution < -0.4 is 5.73 Å². The van der Waals surface area contributed by atoms with Gasteiger partial charge in [-0.3, -0.25) is 0 Å². The zero-order chi connectivity index (χ0) is 11.5. The first kappa shape index (κ1) is 11.0. The lowest BCUT2D eigenvalue weighted by molar-refractivity contribution is 0.618. The molecule has 16 heavy (non-hydrogen) atoms. The van der Waals surface area contributed by atoms with Crippen LogP contribution >= 0.6 is 11.8 Å². The van der Waals surface area contributed by atoms with Gasteiger partial charge in [0.05, 0.1) is 0 Å². The van der Waals surface area contributed by atoms with Crippen LogP contribution in [0.1, 0.15) is 5.56 Å². The second-order valence-corrected chi connectivity index (χ2v) is 4.67. The lowest BCUT2D eigenvalue weighted by Crippen LogP contribution is -1.92. The van der Waals surface area contributed by atoms with Gasteiger partial charge in [-0.2, -0.15) is 0 Å². The summed E-state index contributed by atoms with van der Waals surface area (Å²) in [6.07, 6.45) is 0. The molecular formula is C13H12FNS. The quantitative estimate of drug-likeness (QED) is 0.797. The molecule has 0 saturated carbocycles. The summed E-state index contributed by atoms with van der Waals surface area (Å²) >= 11 is 1.55. The second kappa shape index (κ2) is 4.58. The van der Waals surface area contributed by atoms with Gasteiger partial charge in [-0.25, -0.2) is 4.39 Å². The van der Waals surface area contributed by atoms with Crippen molar-refractivity contribution in [3.63, 3.8) is 0 Å². The van der Waals surface area contributed by atoms with Crippen molar-refractivity contribution < 1.29 is 4.39 Å². The molecule has 2 rings (SSSR count). The van der Waals surface area contributed by atoms with Crippen LogP contribution in [0.4, 0.5) is 10.1 Å². The number of halogens is 1. The largest absolute Gasteiger partial charge is 0.398 e. The average molecular weight is 233 g/mol. The third-order valence-corrected chi connectivity index (χ3v) is 3.34. The van der Waals surface area contributed by atoms with Crippen molar-refractivity contribution in [3.05, 3.63) is 53.8 Å². The maximum absolute atomic E-state index is 13.2. The Morgan fingerprint density at radius 1 is 1.12 bits per heavy atom. The first-order valence-electron chi connectivity index (χ1n) is 4.95. The summed E-state index contributed by atoms with van der Waals surface area (Å²) in [5, 5.41) is 0. The van der Waals surface area contributed by atoms with Crippen LogP contribution in [0.25, 0.3) is 0 Å². The summed E-state index contributed by atoms with van der Waals surface area (Å²) in [5.41, 5.74) is 6.88. The Hall–Kier alpha value is -1.48. The molecule has 0 aliphatic carbocycles. The average Bonchev–Trinajstić information content (AvgIpc) is 2.27. The van der Waals surface area contributed by atoms with Crippen LogP contribution in [0.3, 0.4) is 0 Å². The molecule has 0 saturated heterocycles. The minimum absolute atomic E-state index is 0.255. The molecule has 82 valence electrons. The van der Waals surface area contributed by atoms with Gasteiger partial charge in [0.25, 0.3) is 0 Å². The summed E-state index contributed by atoms with van der Waals surface area (Å²) < 4.78 is 13.2. The summed E-state index contributed by atoms with van der Waals surface area (Å²) in [6, 6.07) is 13.1. The molecule has 0 spiro atoms. The van der Waals surface area contributed by atoms with Gasteiger partial charge in [0.1, 0.15) is 5.82 Å². The van der Waals surface area contributed by atoms with Gasteiger partial charge in [0.2, 0.25) is 0 Å². The van der Waals surface area contributed by atoms with Gasteiger partial charge in [-0.1, -0.05) is 30.0 Å². The number of hydrogen-bond donors (Lipinski definition) is 1.